The molecule has 4 N–H and O–H groups in total. The molecule has 8 aromatic carbocycles. The normalized spacial score (nSPS) is 11.8. The molecule has 16 heteroatoms. The minimum atomic E-state index is -0.111. The lowest BCUT2D eigenvalue weighted by Gasteiger charge is -2.16. The molecule has 0 aliphatic rings. The van der Waals surface area contributed by atoms with Crippen LogP contribution >= 0.6 is 46.4 Å². The zero-order valence-electron chi connectivity index (χ0n) is 37.6. The molecule has 12 nitrogen and oxygen atoms in total. The van der Waals surface area contributed by atoms with E-state index in [0.717, 1.165) is 0 Å². The Balaban J connectivity index is 1.21. The minimum absolute atomic E-state index is 0.0122. The third-order valence-corrected chi connectivity index (χ3v) is 11.9. The molecule has 8 rings (SSSR count). The van der Waals surface area contributed by atoms with Crippen molar-refractivity contribution in [3.05, 3.63) is 210 Å². The third kappa shape index (κ3) is 12.6. The van der Waals surface area contributed by atoms with Crippen LogP contribution in [0.15, 0.2) is 187 Å². The molecule has 0 saturated heterocycles. The second-order valence-corrected chi connectivity index (χ2v) is 18.0. The molecule has 70 heavy (non-hydrogen) atoms. The van der Waals surface area contributed by atoms with Crippen LogP contribution in [-0.2, 0) is 25.7 Å². The third-order valence-electron chi connectivity index (χ3n) is 11.0. The fourth-order valence-electron chi connectivity index (χ4n) is 7.60. The fraction of sp³-hybridized carbons (Fsp3) is 0.111. The summed E-state index contributed by atoms with van der Waals surface area (Å²) in [4.78, 5) is 0. The van der Waals surface area contributed by atoms with Gasteiger partial charge < -0.3 is 20.4 Å². The summed E-state index contributed by atoms with van der Waals surface area (Å²) in [5.41, 5.74) is 7.44. The van der Waals surface area contributed by atoms with Gasteiger partial charge in [-0.3, -0.25) is 0 Å². The summed E-state index contributed by atoms with van der Waals surface area (Å²) in [6.45, 7) is 3.67. The predicted octanol–water partition coefficient (Wildman–Crippen LogP) is 18.4. The van der Waals surface area contributed by atoms with Gasteiger partial charge >= 0.3 is 0 Å². The van der Waals surface area contributed by atoms with Gasteiger partial charge in [0.15, 0.2) is 0 Å². The van der Waals surface area contributed by atoms with E-state index in [1.165, 1.54) is 0 Å². The molecule has 0 spiro atoms. The summed E-state index contributed by atoms with van der Waals surface area (Å²) >= 11 is 24.9. The SMILES string of the molecule is CCc1cc(N=Nc2cccc(Cl)c2)cc(Cc2cc(N=Nc3cccc(Cl)c3)cc(Cc3cc(N=Nc4cccc(Cl)c4)cc(Cc4cc(N=Nc5cccc(Cl)c5)cc(C)c4O)c3O)c2O)c1O. The molecular formula is C54H42Cl4N8O4. The maximum Gasteiger partial charge on any atom is 0.122 e. The van der Waals surface area contributed by atoms with E-state index in [9.17, 15) is 20.4 Å². The van der Waals surface area contributed by atoms with Gasteiger partial charge in [0.05, 0.1) is 45.5 Å². The smallest absolute Gasteiger partial charge is 0.122 e. The van der Waals surface area contributed by atoms with E-state index in [1.807, 2.05) is 6.92 Å². The summed E-state index contributed by atoms with van der Waals surface area (Å²) in [7, 11) is 0. The summed E-state index contributed by atoms with van der Waals surface area (Å²) in [6, 6.07) is 41.3. The number of halogens is 4. The van der Waals surface area contributed by atoms with E-state index in [-0.39, 0.29) is 42.3 Å². The lowest BCUT2D eigenvalue weighted by molar-refractivity contribution is 0.453. The molecule has 0 amide bonds. The lowest BCUT2D eigenvalue weighted by atomic mass is 9.92. The molecule has 0 atom stereocenters. The number of hydrogen-bond donors (Lipinski definition) is 4. The number of benzene rings is 8. The zero-order valence-corrected chi connectivity index (χ0v) is 40.6. The standard InChI is InChI=1S/C54H42Cl4N8O4/c1-3-32-20-48(64-60-44-13-5-9-40(56)28-44)22-34(52(32)68)18-36-24-50(66-62-46-15-7-11-42(58)30-46)26-38(54(36)70)19-37-25-49(65-61-45-14-6-10-41(57)29-45)23-35(53(37)69)17-33-21-47(16-31(2)51(33)67)63-59-43-12-4-8-39(55)27-43/h4-16,20-30,67-70H,3,17-19H2,1-2H3. The molecule has 0 aromatic heterocycles. The second kappa shape index (κ2) is 22.3. The first-order chi connectivity index (χ1) is 33.8. The van der Waals surface area contributed by atoms with Gasteiger partial charge in [-0.05, 0) is 146 Å². The number of azo groups is 4. The highest BCUT2D eigenvalue weighted by Crippen LogP contribution is 2.41. The monoisotopic (exact) mass is 1010 g/mol. The van der Waals surface area contributed by atoms with Crippen LogP contribution in [-0.4, -0.2) is 20.4 Å². The van der Waals surface area contributed by atoms with Crippen LogP contribution in [0.3, 0.4) is 0 Å². The van der Waals surface area contributed by atoms with Gasteiger partial charge in [-0.2, -0.15) is 40.9 Å². The van der Waals surface area contributed by atoms with Gasteiger partial charge in [-0.25, -0.2) is 0 Å². The Hall–Kier alpha value is -7.48. The highest BCUT2D eigenvalue weighted by molar-refractivity contribution is 6.31. The number of phenols is 4. The van der Waals surface area contributed by atoms with Crippen LogP contribution in [0.1, 0.15) is 51.4 Å². The lowest BCUT2D eigenvalue weighted by Crippen LogP contribution is -1.99. The molecule has 8 aromatic rings. The first-order valence-electron chi connectivity index (χ1n) is 21.8. The molecule has 0 radical (unpaired) electrons. The molecule has 0 aliphatic heterocycles. The van der Waals surface area contributed by atoms with Crippen LogP contribution in [0.25, 0.3) is 0 Å². The number of hydrogen-bond acceptors (Lipinski definition) is 12. The van der Waals surface area contributed by atoms with E-state index < -0.39 is 0 Å². The van der Waals surface area contributed by atoms with Crippen molar-refractivity contribution in [3.63, 3.8) is 0 Å². The summed E-state index contributed by atoms with van der Waals surface area (Å²) in [5, 5.41) is 84.7. The molecule has 0 aliphatic carbocycles. The van der Waals surface area contributed by atoms with E-state index in [2.05, 4.69) is 40.9 Å². The maximum absolute atomic E-state index is 12.2. The number of aromatic hydroxyl groups is 4. The van der Waals surface area contributed by atoms with Crippen molar-refractivity contribution in [1.82, 2.24) is 0 Å². The molecule has 0 saturated carbocycles. The summed E-state index contributed by atoms with van der Waals surface area (Å²) in [5.74, 6) is -0.162. The predicted molar refractivity (Wildman–Crippen MR) is 277 cm³/mol. The van der Waals surface area contributed by atoms with Gasteiger partial charge in [0.2, 0.25) is 0 Å². The summed E-state index contributed by atoms with van der Waals surface area (Å²) < 4.78 is 0. The summed E-state index contributed by atoms with van der Waals surface area (Å²) in [6.07, 6.45) is 0.554. The topological polar surface area (TPSA) is 180 Å². The highest BCUT2D eigenvalue weighted by Gasteiger charge is 2.20. The Morgan fingerprint density at radius 2 is 0.557 bits per heavy atom. The van der Waals surface area contributed by atoms with Crippen molar-refractivity contribution in [3.8, 4) is 23.0 Å². The number of rotatable bonds is 15. The Labute approximate surface area is 423 Å². The number of phenolic OH excluding ortho intramolecular Hbond substituents is 4. The van der Waals surface area contributed by atoms with Crippen LogP contribution < -0.4 is 0 Å². The first-order valence-corrected chi connectivity index (χ1v) is 23.3. The fourth-order valence-corrected chi connectivity index (χ4v) is 8.33. The molecule has 0 bridgehead atoms. The maximum atomic E-state index is 12.2. The van der Waals surface area contributed by atoms with Crippen LogP contribution in [0.4, 0.5) is 45.5 Å². The van der Waals surface area contributed by atoms with Gasteiger partial charge in [-0.15, -0.1) is 0 Å². The van der Waals surface area contributed by atoms with Crippen LogP contribution in [0, 0.1) is 6.92 Å². The minimum Gasteiger partial charge on any atom is -0.507 e. The second-order valence-electron chi connectivity index (χ2n) is 16.2. The average molecular weight is 1010 g/mol. The van der Waals surface area contributed by atoms with Crippen molar-refractivity contribution >= 4 is 91.9 Å². The van der Waals surface area contributed by atoms with E-state index in [0.29, 0.717) is 117 Å². The van der Waals surface area contributed by atoms with Crippen molar-refractivity contribution < 1.29 is 20.4 Å². The zero-order chi connectivity index (χ0) is 49.3. The van der Waals surface area contributed by atoms with Gasteiger partial charge in [0.25, 0.3) is 0 Å². The van der Waals surface area contributed by atoms with Crippen molar-refractivity contribution in [2.24, 2.45) is 40.9 Å². The highest BCUT2D eigenvalue weighted by atomic mass is 35.5. The Morgan fingerprint density at radius 3 is 0.843 bits per heavy atom. The van der Waals surface area contributed by atoms with Crippen molar-refractivity contribution in [2.45, 2.75) is 39.5 Å². The molecule has 350 valence electrons. The Kier molecular flexibility index (Phi) is 15.6. The van der Waals surface area contributed by atoms with Gasteiger partial charge in [0, 0.05) is 72.7 Å². The molecular weight excluding hydrogens is 966 g/mol. The quantitative estimate of drug-likeness (QED) is 0.0747. The Morgan fingerprint density at radius 1 is 0.314 bits per heavy atom. The van der Waals surface area contributed by atoms with Gasteiger partial charge in [-0.1, -0.05) is 77.6 Å². The van der Waals surface area contributed by atoms with Crippen molar-refractivity contribution in [1.29, 1.82) is 0 Å². The number of aryl methyl sites for hydroxylation is 2. The van der Waals surface area contributed by atoms with E-state index in [4.69, 9.17) is 46.4 Å². The van der Waals surface area contributed by atoms with E-state index >= 15 is 0 Å². The molecule has 0 unspecified atom stereocenters. The average Bonchev–Trinajstić information content (AvgIpc) is 3.33. The van der Waals surface area contributed by atoms with Crippen molar-refractivity contribution in [2.75, 3.05) is 0 Å². The first kappa shape index (κ1) is 49.0. The van der Waals surface area contributed by atoms with E-state index in [1.54, 1.807) is 153 Å². The Bertz CT molecular complexity index is 3380. The van der Waals surface area contributed by atoms with Crippen LogP contribution in [0.2, 0.25) is 20.1 Å². The largest absolute Gasteiger partial charge is 0.507 e. The molecule has 0 fully saturated rings. The van der Waals surface area contributed by atoms with Gasteiger partial charge in [0.1, 0.15) is 23.0 Å². The van der Waals surface area contributed by atoms with Crippen LogP contribution in [0.5, 0.6) is 23.0 Å². The number of nitrogens with zero attached hydrogens (tertiary/aromatic N) is 8. The molecule has 0 heterocycles.